The Kier molecular flexibility index (Phi) is 3.88. The van der Waals surface area contributed by atoms with Gasteiger partial charge < -0.3 is 5.32 Å². The Morgan fingerprint density at radius 2 is 1.82 bits per heavy atom. The van der Waals surface area contributed by atoms with Crippen molar-refractivity contribution in [3.63, 3.8) is 0 Å². The molecule has 0 amide bonds. The minimum Gasteiger partial charge on any atom is -0.309 e. The summed E-state index contributed by atoms with van der Waals surface area (Å²) in [6.45, 7) is 8.16. The number of benzene rings is 1. The van der Waals surface area contributed by atoms with Gasteiger partial charge in [-0.1, -0.05) is 51.1 Å². The van der Waals surface area contributed by atoms with E-state index in [0.717, 1.165) is 5.92 Å². The molecule has 17 heavy (non-hydrogen) atoms. The van der Waals surface area contributed by atoms with Gasteiger partial charge in [-0.3, -0.25) is 0 Å². The van der Waals surface area contributed by atoms with Crippen molar-refractivity contribution in [2.75, 3.05) is 6.54 Å². The van der Waals surface area contributed by atoms with Crippen LogP contribution in [-0.2, 0) is 0 Å². The Hall–Kier alpha value is -0.820. The average Bonchev–Trinajstić information content (AvgIpc) is 3.04. The Bertz CT molecular complexity index is 338. The lowest BCUT2D eigenvalue weighted by molar-refractivity contribution is 0.388. The van der Waals surface area contributed by atoms with E-state index >= 15 is 0 Å². The van der Waals surface area contributed by atoms with E-state index in [9.17, 15) is 0 Å². The number of nitrogens with one attached hydrogen (secondary N) is 1. The topological polar surface area (TPSA) is 12.0 Å². The zero-order chi connectivity index (χ0) is 12.3. The first-order valence-electron chi connectivity index (χ1n) is 6.87. The van der Waals surface area contributed by atoms with Gasteiger partial charge in [0, 0.05) is 12.6 Å². The van der Waals surface area contributed by atoms with Gasteiger partial charge in [-0.25, -0.2) is 0 Å². The van der Waals surface area contributed by atoms with Crippen LogP contribution in [0.1, 0.15) is 51.6 Å². The average molecular weight is 231 g/mol. The Morgan fingerprint density at radius 3 is 2.35 bits per heavy atom. The predicted octanol–water partition coefficient (Wildman–Crippen LogP) is 4.16. The first kappa shape index (κ1) is 12.6. The molecule has 1 aromatic rings. The largest absolute Gasteiger partial charge is 0.309 e. The quantitative estimate of drug-likeness (QED) is 0.775. The Balaban J connectivity index is 1.97. The minimum atomic E-state index is 0.522. The van der Waals surface area contributed by atoms with Gasteiger partial charge in [0.2, 0.25) is 0 Å². The molecule has 1 nitrogen and oxygen atoms in total. The second-order valence-corrected chi connectivity index (χ2v) is 6.28. The van der Waals surface area contributed by atoms with Gasteiger partial charge in [-0.05, 0) is 36.2 Å². The molecule has 1 unspecified atom stereocenters. The number of hydrogen-bond donors (Lipinski definition) is 1. The molecule has 1 aliphatic carbocycles. The Morgan fingerprint density at radius 1 is 1.18 bits per heavy atom. The van der Waals surface area contributed by atoms with Gasteiger partial charge in [-0.2, -0.15) is 0 Å². The van der Waals surface area contributed by atoms with Crippen LogP contribution in [0.25, 0.3) is 0 Å². The van der Waals surface area contributed by atoms with Crippen LogP contribution in [0, 0.1) is 11.3 Å². The maximum absolute atomic E-state index is 3.77. The highest BCUT2D eigenvalue weighted by molar-refractivity contribution is 5.19. The summed E-state index contributed by atoms with van der Waals surface area (Å²) in [5, 5.41) is 3.77. The molecule has 2 rings (SSSR count). The van der Waals surface area contributed by atoms with Crippen LogP contribution in [0.3, 0.4) is 0 Å². The second-order valence-electron chi connectivity index (χ2n) is 6.28. The molecule has 0 spiro atoms. The molecule has 1 N–H and O–H groups in total. The maximum Gasteiger partial charge on any atom is 0.0322 e. The van der Waals surface area contributed by atoms with Gasteiger partial charge in [0.05, 0.1) is 0 Å². The van der Waals surface area contributed by atoms with Crippen LogP contribution >= 0.6 is 0 Å². The van der Waals surface area contributed by atoms with Crippen LogP contribution in [0.2, 0.25) is 0 Å². The molecule has 1 aromatic carbocycles. The molecule has 0 saturated heterocycles. The van der Waals surface area contributed by atoms with Gasteiger partial charge in [0.15, 0.2) is 0 Å². The summed E-state index contributed by atoms with van der Waals surface area (Å²) in [7, 11) is 0. The molecule has 1 saturated carbocycles. The summed E-state index contributed by atoms with van der Waals surface area (Å²) in [5.41, 5.74) is 2.02. The summed E-state index contributed by atoms with van der Waals surface area (Å²) in [6, 6.07) is 11.4. The highest BCUT2D eigenvalue weighted by Gasteiger charge is 2.37. The lowest BCUT2D eigenvalue weighted by Crippen LogP contribution is -2.28. The van der Waals surface area contributed by atoms with Crippen LogP contribution in [0.5, 0.6) is 0 Å². The van der Waals surface area contributed by atoms with Crippen molar-refractivity contribution in [3.05, 3.63) is 35.9 Å². The lowest BCUT2D eigenvalue weighted by Gasteiger charge is -2.23. The smallest absolute Gasteiger partial charge is 0.0322 e. The third-order valence-electron chi connectivity index (χ3n) is 3.79. The van der Waals surface area contributed by atoms with E-state index in [0.29, 0.717) is 11.5 Å². The van der Waals surface area contributed by atoms with Crippen LogP contribution in [-0.4, -0.2) is 6.54 Å². The fraction of sp³-hybridized carbons (Fsp3) is 0.625. The molecule has 1 aliphatic rings. The van der Waals surface area contributed by atoms with E-state index < -0.39 is 0 Å². The summed E-state index contributed by atoms with van der Waals surface area (Å²) >= 11 is 0. The fourth-order valence-electron chi connectivity index (χ4n) is 2.25. The molecule has 1 heteroatoms. The normalized spacial score (nSPS) is 19.3. The first-order valence-corrected chi connectivity index (χ1v) is 6.87. The SMILES string of the molecule is CC(C)CC(NCC1(C)CC1)c1ccccc1. The van der Waals surface area contributed by atoms with Crippen LogP contribution in [0.4, 0.5) is 0 Å². The lowest BCUT2D eigenvalue weighted by atomic mass is 9.96. The molecule has 1 fully saturated rings. The van der Waals surface area contributed by atoms with Crippen molar-refractivity contribution in [3.8, 4) is 0 Å². The van der Waals surface area contributed by atoms with Crippen LogP contribution < -0.4 is 5.32 Å². The highest BCUT2D eigenvalue weighted by Crippen LogP contribution is 2.44. The summed E-state index contributed by atoms with van der Waals surface area (Å²) < 4.78 is 0. The van der Waals surface area contributed by atoms with Gasteiger partial charge in [0.25, 0.3) is 0 Å². The zero-order valence-corrected chi connectivity index (χ0v) is 11.4. The highest BCUT2D eigenvalue weighted by atomic mass is 14.9. The zero-order valence-electron chi connectivity index (χ0n) is 11.4. The van der Waals surface area contributed by atoms with Crippen LogP contribution in [0.15, 0.2) is 30.3 Å². The van der Waals surface area contributed by atoms with Crippen molar-refractivity contribution in [2.24, 2.45) is 11.3 Å². The molecule has 0 radical (unpaired) electrons. The van der Waals surface area contributed by atoms with Crippen molar-refractivity contribution < 1.29 is 0 Å². The van der Waals surface area contributed by atoms with E-state index in [1.54, 1.807) is 0 Å². The van der Waals surface area contributed by atoms with Crippen molar-refractivity contribution in [1.82, 2.24) is 5.32 Å². The van der Waals surface area contributed by atoms with Crippen molar-refractivity contribution in [2.45, 2.75) is 46.1 Å². The third kappa shape index (κ3) is 3.85. The molecular formula is C16H25N. The van der Waals surface area contributed by atoms with Crippen molar-refractivity contribution >= 4 is 0 Å². The summed E-state index contributed by atoms with van der Waals surface area (Å²) in [6.07, 6.45) is 4.01. The van der Waals surface area contributed by atoms with E-state index in [1.165, 1.54) is 31.4 Å². The number of rotatable bonds is 6. The predicted molar refractivity (Wildman–Crippen MR) is 74.0 cm³/mol. The van der Waals surface area contributed by atoms with Gasteiger partial charge in [-0.15, -0.1) is 0 Å². The second kappa shape index (κ2) is 5.22. The van der Waals surface area contributed by atoms with E-state index in [-0.39, 0.29) is 0 Å². The monoisotopic (exact) mass is 231 g/mol. The molecule has 0 heterocycles. The number of hydrogen-bond acceptors (Lipinski definition) is 1. The molecular weight excluding hydrogens is 206 g/mol. The van der Waals surface area contributed by atoms with E-state index in [1.807, 2.05) is 0 Å². The first-order chi connectivity index (χ1) is 8.09. The molecule has 1 atom stereocenters. The molecule has 0 aromatic heterocycles. The standard InChI is InChI=1S/C16H25N/c1-13(2)11-15(14-7-5-4-6-8-14)17-12-16(3)9-10-16/h4-8,13,15,17H,9-12H2,1-3H3. The van der Waals surface area contributed by atoms with Gasteiger partial charge in [0.1, 0.15) is 0 Å². The summed E-state index contributed by atoms with van der Waals surface area (Å²) in [4.78, 5) is 0. The molecule has 94 valence electrons. The molecule has 0 aliphatic heterocycles. The summed E-state index contributed by atoms with van der Waals surface area (Å²) in [5.74, 6) is 0.736. The van der Waals surface area contributed by atoms with Gasteiger partial charge >= 0.3 is 0 Å². The van der Waals surface area contributed by atoms with E-state index in [4.69, 9.17) is 0 Å². The maximum atomic E-state index is 3.77. The van der Waals surface area contributed by atoms with E-state index in [2.05, 4.69) is 56.4 Å². The Labute approximate surface area is 106 Å². The van der Waals surface area contributed by atoms with Crippen molar-refractivity contribution in [1.29, 1.82) is 0 Å². The molecule has 0 bridgehead atoms. The third-order valence-corrected chi connectivity index (χ3v) is 3.79. The fourth-order valence-corrected chi connectivity index (χ4v) is 2.25. The minimum absolute atomic E-state index is 0.522.